The maximum absolute atomic E-state index is 11.6. The van der Waals surface area contributed by atoms with E-state index in [0.29, 0.717) is 139 Å². The van der Waals surface area contributed by atoms with Crippen LogP contribution >= 0.6 is 0 Å². The van der Waals surface area contributed by atoms with Crippen LogP contribution in [0.15, 0.2) is 0 Å². The summed E-state index contributed by atoms with van der Waals surface area (Å²) < 4.78 is 64.0. The molecule has 17 heteroatoms. The number of hydrogen-bond acceptors (Lipinski definition) is 15. The van der Waals surface area contributed by atoms with Gasteiger partial charge in [-0.2, -0.15) is 0 Å². The SMILES string of the molecule is CC(C)(C)OC(=O)CCOCCOCCOCCOCCOCCOCCOCCOCCOCCOCCNC(=O)COCC(=O)O. The average Bonchev–Trinajstić information content (AvgIpc) is 3.02. The van der Waals surface area contributed by atoms with Crippen molar-refractivity contribution in [1.82, 2.24) is 5.32 Å². The molecule has 0 saturated heterocycles. The summed E-state index contributed by atoms with van der Waals surface area (Å²) in [6.45, 7) is 13.6. The molecule has 0 fully saturated rings. The summed E-state index contributed by atoms with van der Waals surface area (Å²) in [7, 11) is 0. The van der Waals surface area contributed by atoms with Crippen LogP contribution in [-0.4, -0.2) is 180 Å². The van der Waals surface area contributed by atoms with E-state index in [0.717, 1.165) is 0 Å². The van der Waals surface area contributed by atoms with Crippen LogP contribution in [0.1, 0.15) is 27.2 Å². The molecule has 0 rings (SSSR count). The summed E-state index contributed by atoms with van der Waals surface area (Å²) in [6, 6.07) is 0. The van der Waals surface area contributed by atoms with Gasteiger partial charge in [-0.05, 0) is 20.8 Å². The molecule has 17 nitrogen and oxygen atoms in total. The van der Waals surface area contributed by atoms with Crippen molar-refractivity contribution in [3.63, 3.8) is 0 Å². The monoisotopic (exact) mass is 701 g/mol. The van der Waals surface area contributed by atoms with Crippen LogP contribution in [-0.2, 0) is 71.2 Å². The number of carbonyl (C=O) groups excluding carboxylic acids is 2. The molecular formula is C31H59NO16. The van der Waals surface area contributed by atoms with Gasteiger partial charge in [0, 0.05) is 6.54 Å². The number of aliphatic carboxylic acids is 1. The zero-order valence-electron chi connectivity index (χ0n) is 29.0. The van der Waals surface area contributed by atoms with Gasteiger partial charge in [-0.25, -0.2) is 4.79 Å². The Morgan fingerprint density at radius 1 is 0.458 bits per heavy atom. The molecule has 0 unspecified atom stereocenters. The molecule has 48 heavy (non-hydrogen) atoms. The van der Waals surface area contributed by atoms with Gasteiger partial charge in [0.2, 0.25) is 5.91 Å². The van der Waals surface area contributed by atoms with E-state index in [1.165, 1.54) is 0 Å². The Morgan fingerprint density at radius 2 is 0.771 bits per heavy atom. The van der Waals surface area contributed by atoms with Gasteiger partial charge in [-0.3, -0.25) is 9.59 Å². The lowest BCUT2D eigenvalue weighted by Crippen LogP contribution is -2.31. The first-order valence-electron chi connectivity index (χ1n) is 16.3. The second-order valence-corrected chi connectivity index (χ2v) is 10.7. The van der Waals surface area contributed by atoms with Crippen LogP contribution in [0.3, 0.4) is 0 Å². The molecule has 0 aromatic carbocycles. The molecule has 0 spiro atoms. The van der Waals surface area contributed by atoms with Crippen LogP contribution in [0.4, 0.5) is 0 Å². The molecule has 1 amide bonds. The van der Waals surface area contributed by atoms with Crippen molar-refractivity contribution < 1.29 is 76.3 Å². The molecular weight excluding hydrogens is 642 g/mol. The van der Waals surface area contributed by atoms with E-state index in [4.69, 9.17) is 57.2 Å². The molecule has 0 aromatic heterocycles. The van der Waals surface area contributed by atoms with Gasteiger partial charge in [0.05, 0.1) is 139 Å². The predicted octanol–water partition coefficient (Wildman–Crippen LogP) is 0.102. The van der Waals surface area contributed by atoms with E-state index < -0.39 is 24.1 Å². The Hall–Kier alpha value is -2.03. The van der Waals surface area contributed by atoms with Gasteiger partial charge in [0.1, 0.15) is 18.8 Å². The van der Waals surface area contributed by atoms with Gasteiger partial charge in [0.25, 0.3) is 0 Å². The van der Waals surface area contributed by atoms with Crippen molar-refractivity contribution in [1.29, 1.82) is 0 Å². The number of carboxylic acids is 1. The average molecular weight is 702 g/mol. The van der Waals surface area contributed by atoms with E-state index in [-0.39, 0.29) is 19.0 Å². The number of esters is 1. The highest BCUT2D eigenvalue weighted by atomic mass is 16.6. The van der Waals surface area contributed by atoms with Crippen molar-refractivity contribution in [3.8, 4) is 0 Å². The molecule has 0 aliphatic heterocycles. The predicted molar refractivity (Wildman–Crippen MR) is 170 cm³/mol. The van der Waals surface area contributed by atoms with Gasteiger partial charge >= 0.3 is 11.9 Å². The third kappa shape index (κ3) is 40.1. The highest BCUT2D eigenvalue weighted by Crippen LogP contribution is 2.08. The molecule has 0 bridgehead atoms. The lowest BCUT2D eigenvalue weighted by atomic mass is 10.2. The normalized spacial score (nSPS) is 11.6. The topological polar surface area (TPSA) is 194 Å². The summed E-state index contributed by atoms with van der Waals surface area (Å²) in [5, 5.41) is 11.0. The minimum atomic E-state index is -1.13. The lowest BCUT2D eigenvalue weighted by molar-refractivity contribution is -0.156. The summed E-state index contributed by atoms with van der Waals surface area (Å²) >= 11 is 0. The van der Waals surface area contributed by atoms with Crippen molar-refractivity contribution >= 4 is 17.8 Å². The van der Waals surface area contributed by atoms with Crippen LogP contribution in [0, 0.1) is 0 Å². The van der Waals surface area contributed by atoms with Crippen LogP contribution in [0.2, 0.25) is 0 Å². The number of carbonyl (C=O) groups is 3. The Bertz CT molecular complexity index is 753. The maximum atomic E-state index is 11.6. The van der Waals surface area contributed by atoms with E-state index in [1.807, 2.05) is 20.8 Å². The zero-order chi connectivity index (χ0) is 35.4. The number of amides is 1. The van der Waals surface area contributed by atoms with Crippen molar-refractivity contribution in [3.05, 3.63) is 0 Å². The Morgan fingerprint density at radius 3 is 1.08 bits per heavy atom. The largest absolute Gasteiger partial charge is 0.480 e. The van der Waals surface area contributed by atoms with Crippen molar-refractivity contribution in [2.24, 2.45) is 0 Å². The fraction of sp³-hybridized carbons (Fsp3) is 0.903. The van der Waals surface area contributed by atoms with Crippen molar-refractivity contribution in [2.45, 2.75) is 32.8 Å². The molecule has 0 aliphatic rings. The summed E-state index contributed by atoms with van der Waals surface area (Å²) in [6.07, 6.45) is 0.222. The quantitative estimate of drug-likeness (QED) is 0.0654. The minimum absolute atomic E-state index is 0.222. The Balaban J connectivity index is 3.14. The minimum Gasteiger partial charge on any atom is -0.480 e. The number of rotatable bonds is 37. The third-order valence-corrected chi connectivity index (χ3v) is 5.25. The van der Waals surface area contributed by atoms with E-state index in [1.54, 1.807) is 0 Å². The Kier molecular flexibility index (Phi) is 33.3. The highest BCUT2D eigenvalue weighted by molar-refractivity contribution is 5.77. The molecule has 0 aliphatic carbocycles. The third-order valence-electron chi connectivity index (χ3n) is 5.25. The fourth-order valence-electron chi connectivity index (χ4n) is 3.17. The van der Waals surface area contributed by atoms with Gasteiger partial charge in [0.15, 0.2) is 0 Å². The van der Waals surface area contributed by atoms with Crippen LogP contribution in [0.25, 0.3) is 0 Å². The number of nitrogens with one attached hydrogen (secondary N) is 1. The summed E-state index contributed by atoms with van der Waals surface area (Å²) in [4.78, 5) is 33.2. The molecule has 0 aromatic rings. The molecule has 2 N–H and O–H groups in total. The standard InChI is InChI=1S/C31H59NO16/c1-31(2,3)48-30(36)4-6-37-8-10-39-12-14-41-16-18-43-20-22-45-24-25-46-23-21-44-19-17-42-15-13-40-11-9-38-7-5-32-28(33)26-47-27-29(34)35/h4-27H2,1-3H3,(H,32,33)(H,34,35). The number of hydrogen-bond donors (Lipinski definition) is 2. The summed E-state index contributed by atoms with van der Waals surface area (Å²) in [5.41, 5.74) is -0.482. The van der Waals surface area contributed by atoms with E-state index >= 15 is 0 Å². The van der Waals surface area contributed by atoms with Gasteiger partial charge in [-0.15, -0.1) is 0 Å². The molecule has 0 radical (unpaired) electrons. The molecule has 0 heterocycles. The zero-order valence-corrected chi connectivity index (χ0v) is 29.0. The second-order valence-electron chi connectivity index (χ2n) is 10.7. The van der Waals surface area contributed by atoms with Crippen molar-refractivity contribution in [2.75, 3.05) is 152 Å². The van der Waals surface area contributed by atoms with Crippen LogP contribution in [0.5, 0.6) is 0 Å². The molecule has 0 saturated carbocycles. The highest BCUT2D eigenvalue weighted by Gasteiger charge is 2.15. The fourth-order valence-corrected chi connectivity index (χ4v) is 3.17. The maximum Gasteiger partial charge on any atom is 0.329 e. The summed E-state index contributed by atoms with van der Waals surface area (Å²) in [5.74, 6) is -1.80. The number of ether oxygens (including phenoxy) is 12. The first-order chi connectivity index (χ1) is 23.2. The van der Waals surface area contributed by atoms with E-state index in [9.17, 15) is 14.4 Å². The van der Waals surface area contributed by atoms with Gasteiger partial charge in [-0.1, -0.05) is 0 Å². The lowest BCUT2D eigenvalue weighted by Gasteiger charge is -2.19. The smallest absolute Gasteiger partial charge is 0.329 e. The second kappa shape index (κ2) is 34.8. The van der Waals surface area contributed by atoms with Gasteiger partial charge < -0.3 is 67.3 Å². The Labute approximate surface area is 284 Å². The number of carboxylic acid groups (broad SMARTS) is 1. The van der Waals surface area contributed by atoms with E-state index in [2.05, 4.69) is 10.1 Å². The first-order valence-corrected chi connectivity index (χ1v) is 16.3. The molecule has 0 atom stereocenters. The molecule has 284 valence electrons. The first kappa shape index (κ1) is 46.0. The van der Waals surface area contributed by atoms with Crippen LogP contribution < -0.4 is 5.32 Å².